The molecule has 0 saturated carbocycles. The van der Waals surface area contributed by atoms with Gasteiger partial charge in [0.15, 0.2) is 5.11 Å². The van der Waals surface area contributed by atoms with Crippen molar-refractivity contribution in [1.82, 2.24) is 5.32 Å². The van der Waals surface area contributed by atoms with E-state index in [1.807, 2.05) is 0 Å². The second-order valence-electron chi connectivity index (χ2n) is 3.90. The van der Waals surface area contributed by atoms with Crippen molar-refractivity contribution in [2.75, 3.05) is 0 Å². The minimum atomic E-state index is -0.433. The summed E-state index contributed by atoms with van der Waals surface area (Å²) in [6.07, 6.45) is 2.74. The van der Waals surface area contributed by atoms with Gasteiger partial charge < -0.3 is 10.2 Å². The van der Waals surface area contributed by atoms with Crippen LogP contribution in [-0.4, -0.2) is 11.0 Å². The normalized spacial score (nSPS) is 10.7. The van der Waals surface area contributed by atoms with Gasteiger partial charge in [0.05, 0.1) is 0 Å². The van der Waals surface area contributed by atoms with Gasteiger partial charge in [0.2, 0.25) is 5.91 Å². The highest BCUT2D eigenvalue weighted by Crippen LogP contribution is 2.22. The molecule has 2 rings (SSSR count). The standard InChI is InChI=1S/C14H11FN2O2S/c15-10-3-1-9(2-4-10)12-7-5-11(19-12)6-8-13(18)17-14(16)20/h1-8H,(H3,16,17,18,20)/b8-6+. The third kappa shape index (κ3) is 3.76. The highest BCUT2D eigenvalue weighted by molar-refractivity contribution is 7.80. The number of rotatable bonds is 3. The van der Waals surface area contributed by atoms with Gasteiger partial charge in [-0.25, -0.2) is 4.39 Å². The molecule has 20 heavy (non-hydrogen) atoms. The molecule has 0 fully saturated rings. The molecule has 1 amide bonds. The lowest BCUT2D eigenvalue weighted by Gasteiger charge is -1.96. The lowest BCUT2D eigenvalue weighted by Crippen LogP contribution is -2.33. The molecule has 0 aliphatic heterocycles. The van der Waals surface area contributed by atoms with Crippen LogP contribution in [-0.2, 0) is 4.79 Å². The van der Waals surface area contributed by atoms with Crippen LogP contribution in [0.4, 0.5) is 4.39 Å². The summed E-state index contributed by atoms with van der Waals surface area (Å²) < 4.78 is 18.3. The first-order valence-corrected chi connectivity index (χ1v) is 6.10. The first kappa shape index (κ1) is 14.0. The SMILES string of the molecule is NC(=S)NC(=O)/C=C/c1ccc(-c2ccc(F)cc2)o1. The van der Waals surface area contributed by atoms with Gasteiger partial charge in [-0.3, -0.25) is 10.1 Å². The zero-order valence-electron chi connectivity index (χ0n) is 10.3. The minimum absolute atomic E-state index is 0.0916. The molecule has 0 aliphatic carbocycles. The Hall–Kier alpha value is -2.47. The summed E-state index contributed by atoms with van der Waals surface area (Å²) in [5.74, 6) is 0.328. The van der Waals surface area contributed by atoms with Crippen LogP contribution in [0.15, 0.2) is 46.9 Å². The van der Waals surface area contributed by atoms with Crippen molar-refractivity contribution in [3.8, 4) is 11.3 Å². The fourth-order valence-electron chi connectivity index (χ4n) is 1.53. The number of amides is 1. The maximum atomic E-state index is 12.8. The van der Waals surface area contributed by atoms with E-state index in [2.05, 4.69) is 17.5 Å². The summed E-state index contributed by atoms with van der Waals surface area (Å²) in [6, 6.07) is 9.36. The van der Waals surface area contributed by atoms with Gasteiger partial charge in [-0.05, 0) is 54.7 Å². The predicted molar refractivity (Wildman–Crippen MR) is 78.1 cm³/mol. The molecule has 102 valence electrons. The molecule has 1 heterocycles. The van der Waals surface area contributed by atoms with Gasteiger partial charge in [0.25, 0.3) is 0 Å². The third-order valence-corrected chi connectivity index (χ3v) is 2.50. The van der Waals surface area contributed by atoms with Crippen molar-refractivity contribution in [2.45, 2.75) is 0 Å². The number of carbonyl (C=O) groups is 1. The van der Waals surface area contributed by atoms with E-state index in [0.29, 0.717) is 11.5 Å². The van der Waals surface area contributed by atoms with E-state index in [4.69, 9.17) is 10.2 Å². The molecule has 3 N–H and O–H groups in total. The summed E-state index contributed by atoms with van der Waals surface area (Å²) in [7, 11) is 0. The molecule has 0 atom stereocenters. The van der Waals surface area contributed by atoms with E-state index in [0.717, 1.165) is 5.56 Å². The van der Waals surface area contributed by atoms with Crippen molar-refractivity contribution in [3.05, 3.63) is 54.1 Å². The number of hydrogen-bond donors (Lipinski definition) is 2. The van der Waals surface area contributed by atoms with E-state index in [-0.39, 0.29) is 10.9 Å². The van der Waals surface area contributed by atoms with E-state index in [1.165, 1.54) is 24.3 Å². The monoisotopic (exact) mass is 290 g/mol. The number of nitrogens with two attached hydrogens (primary N) is 1. The van der Waals surface area contributed by atoms with Crippen molar-refractivity contribution < 1.29 is 13.6 Å². The molecule has 1 aromatic carbocycles. The van der Waals surface area contributed by atoms with Crippen LogP contribution in [0, 0.1) is 5.82 Å². The van der Waals surface area contributed by atoms with Crippen LogP contribution in [0.5, 0.6) is 0 Å². The van der Waals surface area contributed by atoms with Gasteiger partial charge in [-0.2, -0.15) is 0 Å². The van der Waals surface area contributed by atoms with Crippen LogP contribution < -0.4 is 11.1 Å². The molecule has 0 radical (unpaired) electrons. The molecule has 1 aromatic heterocycles. The maximum absolute atomic E-state index is 12.8. The summed E-state index contributed by atoms with van der Waals surface area (Å²) in [6.45, 7) is 0. The zero-order valence-corrected chi connectivity index (χ0v) is 11.1. The average Bonchev–Trinajstić information content (AvgIpc) is 2.85. The Labute approximate surface area is 120 Å². The number of hydrogen-bond acceptors (Lipinski definition) is 3. The van der Waals surface area contributed by atoms with Crippen molar-refractivity contribution in [2.24, 2.45) is 5.73 Å². The van der Waals surface area contributed by atoms with Crippen molar-refractivity contribution >= 4 is 29.3 Å². The van der Waals surface area contributed by atoms with Crippen LogP contribution in [0.25, 0.3) is 17.4 Å². The Morgan fingerprint density at radius 3 is 2.60 bits per heavy atom. The molecule has 0 spiro atoms. The third-order valence-electron chi connectivity index (χ3n) is 2.40. The Morgan fingerprint density at radius 2 is 1.95 bits per heavy atom. The van der Waals surface area contributed by atoms with Crippen LogP contribution in [0.1, 0.15) is 5.76 Å². The van der Waals surface area contributed by atoms with Crippen LogP contribution >= 0.6 is 12.2 Å². The molecule has 6 heteroatoms. The largest absolute Gasteiger partial charge is 0.457 e. The number of benzene rings is 1. The lowest BCUT2D eigenvalue weighted by molar-refractivity contribution is -0.115. The first-order valence-electron chi connectivity index (χ1n) is 5.69. The second-order valence-corrected chi connectivity index (χ2v) is 4.34. The second kappa shape index (κ2) is 6.12. The fraction of sp³-hybridized carbons (Fsp3) is 0. The van der Waals surface area contributed by atoms with Gasteiger partial charge in [0, 0.05) is 11.6 Å². The Morgan fingerprint density at radius 1 is 1.25 bits per heavy atom. The Kier molecular flexibility index (Phi) is 4.27. The number of carbonyl (C=O) groups excluding carboxylic acids is 1. The molecule has 0 aliphatic rings. The minimum Gasteiger partial charge on any atom is -0.457 e. The topological polar surface area (TPSA) is 68.3 Å². The van der Waals surface area contributed by atoms with Crippen LogP contribution in [0.2, 0.25) is 0 Å². The average molecular weight is 290 g/mol. The molecule has 0 bridgehead atoms. The van der Waals surface area contributed by atoms with E-state index < -0.39 is 5.91 Å². The molecule has 0 unspecified atom stereocenters. The number of furan rings is 1. The number of thiocarbonyl (C=S) groups is 1. The maximum Gasteiger partial charge on any atom is 0.250 e. The predicted octanol–water partition coefficient (Wildman–Crippen LogP) is 2.46. The number of halogens is 1. The molecule has 0 saturated heterocycles. The molecular weight excluding hydrogens is 279 g/mol. The quantitative estimate of drug-likeness (QED) is 0.673. The summed E-state index contributed by atoms with van der Waals surface area (Å²) in [4.78, 5) is 11.3. The number of nitrogens with one attached hydrogen (secondary N) is 1. The summed E-state index contributed by atoms with van der Waals surface area (Å²) >= 11 is 4.54. The summed E-state index contributed by atoms with van der Waals surface area (Å²) in [5, 5.41) is 2.17. The molecule has 2 aromatic rings. The highest BCUT2D eigenvalue weighted by Gasteiger charge is 2.04. The van der Waals surface area contributed by atoms with E-state index in [9.17, 15) is 9.18 Å². The molecular formula is C14H11FN2O2S. The highest BCUT2D eigenvalue weighted by atomic mass is 32.1. The summed E-state index contributed by atoms with van der Waals surface area (Å²) in [5.41, 5.74) is 5.91. The zero-order chi connectivity index (χ0) is 14.5. The van der Waals surface area contributed by atoms with Crippen molar-refractivity contribution in [1.29, 1.82) is 0 Å². The van der Waals surface area contributed by atoms with E-state index in [1.54, 1.807) is 24.3 Å². The van der Waals surface area contributed by atoms with Gasteiger partial charge >= 0.3 is 0 Å². The fourth-order valence-corrected chi connectivity index (χ4v) is 1.63. The van der Waals surface area contributed by atoms with Crippen molar-refractivity contribution in [3.63, 3.8) is 0 Å². The smallest absolute Gasteiger partial charge is 0.250 e. The molecule has 4 nitrogen and oxygen atoms in total. The first-order chi connectivity index (χ1) is 9.54. The van der Waals surface area contributed by atoms with Gasteiger partial charge in [-0.1, -0.05) is 0 Å². The van der Waals surface area contributed by atoms with Crippen LogP contribution in [0.3, 0.4) is 0 Å². The Balaban J connectivity index is 2.09. The lowest BCUT2D eigenvalue weighted by atomic mass is 10.2. The van der Waals surface area contributed by atoms with E-state index >= 15 is 0 Å². The van der Waals surface area contributed by atoms with Gasteiger partial charge in [-0.15, -0.1) is 0 Å². The van der Waals surface area contributed by atoms with Gasteiger partial charge in [0.1, 0.15) is 17.3 Å². The Bertz CT molecular complexity index is 662.